The fraction of sp³-hybridized carbons (Fsp3) is 0.750. The molecule has 3 aliphatic rings. The van der Waals surface area contributed by atoms with Crippen LogP contribution in [-0.2, 0) is 9.53 Å². The van der Waals surface area contributed by atoms with Crippen LogP contribution < -0.4 is 0 Å². The van der Waals surface area contributed by atoms with Crippen molar-refractivity contribution in [3.05, 3.63) is 12.2 Å². The summed E-state index contributed by atoms with van der Waals surface area (Å²) < 4.78 is 5.59. The van der Waals surface area contributed by atoms with Crippen LogP contribution in [0.15, 0.2) is 12.2 Å². The maximum atomic E-state index is 10.3. The highest BCUT2D eigenvalue weighted by Gasteiger charge is 2.52. The van der Waals surface area contributed by atoms with Crippen LogP contribution in [0.1, 0.15) is 19.3 Å². The molecule has 2 nitrogen and oxygen atoms in total. The van der Waals surface area contributed by atoms with Crippen molar-refractivity contribution in [2.24, 2.45) is 23.7 Å². The molecule has 14 heavy (non-hydrogen) atoms. The van der Waals surface area contributed by atoms with Gasteiger partial charge in [-0.1, -0.05) is 12.2 Å². The fourth-order valence-electron chi connectivity index (χ4n) is 3.84. The van der Waals surface area contributed by atoms with E-state index in [1.54, 1.807) is 0 Å². The number of fused-ring (bicyclic) bond motifs is 5. The first kappa shape index (κ1) is 8.66. The van der Waals surface area contributed by atoms with Gasteiger partial charge in [0.05, 0.1) is 6.10 Å². The van der Waals surface area contributed by atoms with E-state index in [2.05, 4.69) is 12.2 Å². The lowest BCUT2D eigenvalue weighted by Gasteiger charge is -2.30. The van der Waals surface area contributed by atoms with Crippen molar-refractivity contribution < 1.29 is 9.53 Å². The quantitative estimate of drug-likeness (QED) is 0.503. The molecule has 5 atom stereocenters. The molecule has 0 unspecified atom stereocenters. The predicted molar refractivity (Wildman–Crippen MR) is 52.8 cm³/mol. The van der Waals surface area contributed by atoms with E-state index in [0.717, 1.165) is 24.0 Å². The summed E-state index contributed by atoms with van der Waals surface area (Å²) in [4.78, 5) is 10.3. The zero-order chi connectivity index (χ0) is 9.54. The molecule has 0 saturated heterocycles. The number of allylic oxidation sites excluding steroid dienone is 2. The largest absolute Gasteiger partial charge is 0.370 e. The van der Waals surface area contributed by atoms with Crippen molar-refractivity contribution >= 4 is 6.29 Å². The van der Waals surface area contributed by atoms with E-state index in [1.165, 1.54) is 19.3 Å². The van der Waals surface area contributed by atoms with Crippen LogP contribution in [0.3, 0.4) is 0 Å². The molecular formula is C12H16O2. The van der Waals surface area contributed by atoms with Gasteiger partial charge in [-0.15, -0.1) is 0 Å². The summed E-state index contributed by atoms with van der Waals surface area (Å²) in [7, 11) is 0. The number of hydrogen-bond donors (Lipinski definition) is 0. The average Bonchev–Trinajstić information content (AvgIpc) is 2.85. The number of aldehydes is 1. The van der Waals surface area contributed by atoms with Crippen LogP contribution in [0.2, 0.25) is 0 Å². The first-order chi connectivity index (χ1) is 6.90. The molecule has 0 aliphatic heterocycles. The second-order valence-corrected chi connectivity index (χ2v) is 4.84. The smallest absolute Gasteiger partial charge is 0.145 e. The van der Waals surface area contributed by atoms with E-state index in [9.17, 15) is 4.79 Å². The molecule has 0 N–H and O–H groups in total. The minimum atomic E-state index is 0.287. The Morgan fingerprint density at radius 1 is 1.36 bits per heavy atom. The second kappa shape index (κ2) is 3.20. The van der Waals surface area contributed by atoms with Crippen LogP contribution in [0.25, 0.3) is 0 Å². The van der Waals surface area contributed by atoms with E-state index < -0.39 is 0 Å². The minimum absolute atomic E-state index is 0.287. The Morgan fingerprint density at radius 3 is 3.14 bits per heavy atom. The van der Waals surface area contributed by atoms with Gasteiger partial charge in [0.2, 0.25) is 0 Å². The van der Waals surface area contributed by atoms with Crippen LogP contribution >= 0.6 is 0 Å². The molecular weight excluding hydrogens is 176 g/mol. The lowest BCUT2D eigenvalue weighted by atomic mass is 9.80. The standard InChI is InChI=1S/C12H16O2/c13-4-5-14-12-7-8-6-11(12)10-3-1-2-9(8)10/h1,3-4,8-12H,2,5-7H2/t8-,9-,10-,11+,12-/m1/s1. The van der Waals surface area contributed by atoms with Gasteiger partial charge in [-0.3, -0.25) is 0 Å². The van der Waals surface area contributed by atoms with Crippen LogP contribution in [0, 0.1) is 23.7 Å². The third kappa shape index (κ3) is 1.10. The number of hydrogen-bond acceptors (Lipinski definition) is 2. The Balaban J connectivity index is 1.70. The molecule has 0 aromatic rings. The highest BCUT2D eigenvalue weighted by molar-refractivity contribution is 5.50. The summed E-state index contributed by atoms with van der Waals surface area (Å²) in [6, 6.07) is 0. The minimum Gasteiger partial charge on any atom is -0.370 e. The van der Waals surface area contributed by atoms with Crippen molar-refractivity contribution in [3.63, 3.8) is 0 Å². The number of ether oxygens (including phenoxy) is 1. The lowest BCUT2D eigenvalue weighted by Crippen LogP contribution is -2.30. The first-order valence-corrected chi connectivity index (χ1v) is 5.62. The highest BCUT2D eigenvalue weighted by Crippen LogP contribution is 2.57. The van der Waals surface area contributed by atoms with Gasteiger partial charge in [-0.25, -0.2) is 0 Å². The molecule has 2 heteroatoms. The van der Waals surface area contributed by atoms with Gasteiger partial charge in [0, 0.05) is 0 Å². The van der Waals surface area contributed by atoms with Gasteiger partial charge in [0.1, 0.15) is 12.9 Å². The van der Waals surface area contributed by atoms with Gasteiger partial charge in [-0.2, -0.15) is 0 Å². The van der Waals surface area contributed by atoms with Crippen molar-refractivity contribution in [2.75, 3.05) is 6.61 Å². The Labute approximate surface area is 84.3 Å². The topological polar surface area (TPSA) is 26.3 Å². The van der Waals surface area contributed by atoms with Crippen LogP contribution in [0.4, 0.5) is 0 Å². The van der Waals surface area contributed by atoms with E-state index in [-0.39, 0.29) is 6.61 Å². The maximum absolute atomic E-state index is 10.3. The van der Waals surface area contributed by atoms with Gasteiger partial charge in [0.25, 0.3) is 0 Å². The Bertz CT molecular complexity index is 271. The van der Waals surface area contributed by atoms with Gasteiger partial charge >= 0.3 is 0 Å². The van der Waals surface area contributed by atoms with Crippen molar-refractivity contribution in [1.29, 1.82) is 0 Å². The molecule has 0 amide bonds. The van der Waals surface area contributed by atoms with Crippen LogP contribution in [0.5, 0.6) is 0 Å². The Kier molecular flexibility index (Phi) is 1.98. The lowest BCUT2D eigenvalue weighted by molar-refractivity contribution is -0.115. The van der Waals surface area contributed by atoms with E-state index >= 15 is 0 Å². The summed E-state index contributed by atoms with van der Waals surface area (Å²) in [5.74, 6) is 3.27. The average molecular weight is 192 g/mol. The molecule has 0 spiro atoms. The molecule has 3 aliphatic carbocycles. The molecule has 0 aromatic heterocycles. The molecule has 0 aromatic carbocycles. The third-order valence-electron chi connectivity index (χ3n) is 4.33. The summed E-state index contributed by atoms with van der Waals surface area (Å²) in [5.41, 5.74) is 0. The number of carbonyl (C=O) groups is 1. The van der Waals surface area contributed by atoms with E-state index in [4.69, 9.17) is 4.74 Å². The van der Waals surface area contributed by atoms with E-state index in [1.807, 2.05) is 0 Å². The maximum Gasteiger partial charge on any atom is 0.145 e. The summed E-state index contributed by atoms with van der Waals surface area (Å²) >= 11 is 0. The molecule has 76 valence electrons. The SMILES string of the molecule is O=CCO[C@@H]1C[C@H]2C[C@H]1[C@@H]1C=CC[C@H]21. The molecule has 3 rings (SSSR count). The summed E-state index contributed by atoms with van der Waals surface area (Å²) in [6.45, 7) is 0.287. The zero-order valence-corrected chi connectivity index (χ0v) is 8.26. The van der Waals surface area contributed by atoms with E-state index in [0.29, 0.717) is 12.0 Å². The van der Waals surface area contributed by atoms with Crippen molar-refractivity contribution in [3.8, 4) is 0 Å². The molecule has 0 heterocycles. The molecule has 2 saturated carbocycles. The Hall–Kier alpha value is -0.630. The highest BCUT2D eigenvalue weighted by atomic mass is 16.5. The number of rotatable bonds is 3. The second-order valence-electron chi connectivity index (χ2n) is 4.84. The Morgan fingerprint density at radius 2 is 2.29 bits per heavy atom. The van der Waals surface area contributed by atoms with Crippen LogP contribution in [-0.4, -0.2) is 19.0 Å². The predicted octanol–water partition coefficient (Wildman–Crippen LogP) is 1.80. The molecule has 0 radical (unpaired) electrons. The molecule has 2 fully saturated rings. The monoisotopic (exact) mass is 192 g/mol. The van der Waals surface area contributed by atoms with Crippen molar-refractivity contribution in [1.82, 2.24) is 0 Å². The van der Waals surface area contributed by atoms with Gasteiger partial charge < -0.3 is 9.53 Å². The van der Waals surface area contributed by atoms with Gasteiger partial charge in [-0.05, 0) is 42.9 Å². The normalized spacial score (nSPS) is 48.4. The zero-order valence-electron chi connectivity index (χ0n) is 8.26. The fourth-order valence-corrected chi connectivity index (χ4v) is 3.84. The first-order valence-electron chi connectivity index (χ1n) is 5.62. The summed E-state index contributed by atoms with van der Waals surface area (Å²) in [5, 5.41) is 0. The number of carbonyl (C=O) groups excluding carboxylic acids is 1. The van der Waals surface area contributed by atoms with Crippen molar-refractivity contribution in [2.45, 2.75) is 25.4 Å². The summed E-state index contributed by atoms with van der Waals surface area (Å²) in [6.07, 6.45) is 9.77. The third-order valence-corrected chi connectivity index (χ3v) is 4.33. The van der Waals surface area contributed by atoms with Gasteiger partial charge in [0.15, 0.2) is 0 Å². The molecule has 2 bridgehead atoms.